The van der Waals surface area contributed by atoms with Gasteiger partial charge >= 0.3 is 0 Å². The Morgan fingerprint density at radius 1 is 1.00 bits per heavy atom. The predicted molar refractivity (Wildman–Crippen MR) is 67.3 cm³/mol. The van der Waals surface area contributed by atoms with Gasteiger partial charge in [-0.15, -0.1) is 0 Å². The summed E-state index contributed by atoms with van der Waals surface area (Å²) in [6.07, 6.45) is 9.41. The van der Waals surface area contributed by atoms with Crippen LogP contribution in [0, 0.1) is 35.0 Å². The Morgan fingerprint density at radius 2 is 1.53 bits per heavy atom. The second kappa shape index (κ2) is 3.48. The molecule has 0 amide bonds. The first-order chi connectivity index (χ1) is 8.22. The summed E-state index contributed by atoms with van der Waals surface area (Å²) in [6.45, 7) is 0.705. The topological polar surface area (TPSA) is 46.2 Å². The predicted octanol–water partition coefficient (Wildman–Crippen LogP) is 2.16. The van der Waals surface area contributed by atoms with E-state index in [4.69, 9.17) is 5.73 Å². The minimum atomic E-state index is -0.0810. The smallest absolute Gasteiger partial charge is 0.0641 e. The van der Waals surface area contributed by atoms with Crippen molar-refractivity contribution < 1.29 is 5.11 Å². The average molecular weight is 235 g/mol. The van der Waals surface area contributed by atoms with Gasteiger partial charge in [0.05, 0.1) is 6.10 Å². The monoisotopic (exact) mass is 235 g/mol. The Balaban J connectivity index is 1.58. The van der Waals surface area contributed by atoms with Crippen LogP contribution in [0.25, 0.3) is 0 Å². The molecule has 2 nitrogen and oxygen atoms in total. The lowest BCUT2D eigenvalue weighted by molar-refractivity contribution is -0.109. The molecule has 5 aliphatic rings. The molecule has 1 atom stereocenters. The van der Waals surface area contributed by atoms with Crippen LogP contribution in [0.3, 0.4) is 0 Å². The molecule has 0 heterocycles. The van der Waals surface area contributed by atoms with Crippen molar-refractivity contribution in [3.05, 3.63) is 0 Å². The van der Waals surface area contributed by atoms with Gasteiger partial charge in [0.1, 0.15) is 0 Å². The van der Waals surface area contributed by atoms with Crippen molar-refractivity contribution in [3.63, 3.8) is 0 Å². The molecule has 0 aromatic heterocycles. The minimum absolute atomic E-state index is 0.0810. The number of nitrogens with two attached hydrogens (primary N) is 1. The zero-order valence-electron chi connectivity index (χ0n) is 10.6. The molecule has 5 rings (SSSR count). The van der Waals surface area contributed by atoms with Crippen molar-refractivity contribution >= 4 is 0 Å². The summed E-state index contributed by atoms with van der Waals surface area (Å²) in [5.74, 6) is 4.30. The van der Waals surface area contributed by atoms with Crippen molar-refractivity contribution in [1.82, 2.24) is 0 Å². The lowest BCUT2D eigenvalue weighted by Gasteiger charge is -2.56. The summed E-state index contributed by atoms with van der Waals surface area (Å²) < 4.78 is 0. The molecule has 4 bridgehead atoms. The molecule has 96 valence electrons. The van der Waals surface area contributed by atoms with Gasteiger partial charge in [0.15, 0.2) is 0 Å². The molecule has 17 heavy (non-hydrogen) atoms. The molecule has 3 N–H and O–H groups in total. The summed E-state index contributed by atoms with van der Waals surface area (Å²) >= 11 is 0. The third-order valence-corrected chi connectivity index (χ3v) is 6.59. The lowest BCUT2D eigenvalue weighted by Crippen LogP contribution is -2.52. The van der Waals surface area contributed by atoms with Gasteiger partial charge in [-0.1, -0.05) is 0 Å². The van der Waals surface area contributed by atoms with Gasteiger partial charge in [0.25, 0.3) is 0 Å². The lowest BCUT2D eigenvalue weighted by atomic mass is 9.50. The maximum atomic E-state index is 10.8. The van der Waals surface area contributed by atoms with Gasteiger partial charge in [-0.2, -0.15) is 0 Å². The third-order valence-electron chi connectivity index (χ3n) is 6.59. The van der Waals surface area contributed by atoms with E-state index in [1.807, 2.05) is 0 Å². The van der Waals surface area contributed by atoms with E-state index >= 15 is 0 Å². The van der Waals surface area contributed by atoms with Crippen molar-refractivity contribution in [2.45, 2.75) is 51.0 Å². The number of rotatable bonds is 3. The maximum absolute atomic E-state index is 10.8. The second-order valence-electron chi connectivity index (χ2n) is 7.52. The fourth-order valence-corrected chi connectivity index (χ4v) is 5.67. The van der Waals surface area contributed by atoms with Crippen molar-refractivity contribution in [1.29, 1.82) is 0 Å². The van der Waals surface area contributed by atoms with E-state index in [1.165, 1.54) is 44.9 Å². The van der Waals surface area contributed by atoms with Gasteiger partial charge < -0.3 is 10.8 Å². The highest BCUT2D eigenvalue weighted by Gasteiger charge is 2.57. The van der Waals surface area contributed by atoms with Crippen LogP contribution >= 0.6 is 0 Å². The minimum Gasteiger partial charge on any atom is -0.392 e. The van der Waals surface area contributed by atoms with E-state index in [9.17, 15) is 5.11 Å². The first-order valence-electron chi connectivity index (χ1n) is 7.60. The van der Waals surface area contributed by atoms with Crippen LogP contribution in [0.4, 0.5) is 0 Å². The molecule has 2 heteroatoms. The van der Waals surface area contributed by atoms with Crippen LogP contribution < -0.4 is 5.73 Å². The van der Waals surface area contributed by atoms with Crippen molar-refractivity contribution in [3.8, 4) is 0 Å². The zero-order valence-corrected chi connectivity index (χ0v) is 10.6. The molecule has 0 saturated heterocycles. The van der Waals surface area contributed by atoms with Crippen LogP contribution in [0.1, 0.15) is 44.9 Å². The molecular weight excluding hydrogens is 210 g/mol. The standard InChI is InChI=1S/C15H25NO/c16-8-15(1-2-15)14(17)13-11-4-9-3-10(6-11)7-12(13)5-9/h9-14,17H,1-8,16H2. The first-order valence-corrected chi connectivity index (χ1v) is 7.60. The summed E-state index contributed by atoms with van der Waals surface area (Å²) in [7, 11) is 0. The molecule has 0 aromatic rings. The Hall–Kier alpha value is -0.0800. The van der Waals surface area contributed by atoms with E-state index in [0.29, 0.717) is 12.5 Å². The van der Waals surface area contributed by atoms with Gasteiger partial charge in [-0.3, -0.25) is 0 Å². The Kier molecular flexibility index (Phi) is 2.21. The van der Waals surface area contributed by atoms with Crippen LogP contribution in [-0.4, -0.2) is 17.8 Å². The molecule has 1 unspecified atom stereocenters. The fraction of sp³-hybridized carbons (Fsp3) is 1.00. The summed E-state index contributed by atoms with van der Waals surface area (Å²) in [5, 5.41) is 10.8. The molecule has 0 spiro atoms. The molecular formula is C15H25NO. The van der Waals surface area contributed by atoms with E-state index in [0.717, 1.165) is 23.7 Å². The Bertz CT molecular complexity index is 295. The number of hydrogen-bond donors (Lipinski definition) is 2. The van der Waals surface area contributed by atoms with E-state index in [2.05, 4.69) is 0 Å². The molecule has 5 fully saturated rings. The number of aliphatic hydroxyl groups is 1. The third kappa shape index (κ3) is 1.46. The maximum Gasteiger partial charge on any atom is 0.0641 e. The normalized spacial score (nSPS) is 51.5. The van der Waals surface area contributed by atoms with Crippen LogP contribution in [0.2, 0.25) is 0 Å². The highest BCUT2D eigenvalue weighted by Crippen LogP contribution is 2.61. The molecule has 5 aliphatic carbocycles. The number of hydrogen-bond acceptors (Lipinski definition) is 2. The average Bonchev–Trinajstić information content (AvgIpc) is 3.08. The second-order valence-corrected chi connectivity index (χ2v) is 7.52. The first kappa shape index (κ1) is 10.8. The van der Waals surface area contributed by atoms with Gasteiger partial charge in [0.2, 0.25) is 0 Å². The van der Waals surface area contributed by atoms with E-state index < -0.39 is 0 Å². The van der Waals surface area contributed by atoms with E-state index in [-0.39, 0.29) is 11.5 Å². The quantitative estimate of drug-likeness (QED) is 0.787. The SMILES string of the molecule is NCC1(C(O)C2C3CC4CC(C3)CC2C4)CC1. The highest BCUT2D eigenvalue weighted by atomic mass is 16.3. The number of aliphatic hydroxyl groups excluding tert-OH is 1. The summed E-state index contributed by atoms with van der Waals surface area (Å²) in [5.41, 5.74) is 6.04. The van der Waals surface area contributed by atoms with Crippen molar-refractivity contribution in [2.24, 2.45) is 40.7 Å². The highest BCUT2D eigenvalue weighted by molar-refractivity contribution is 5.08. The molecule has 0 aliphatic heterocycles. The van der Waals surface area contributed by atoms with Gasteiger partial charge in [-0.25, -0.2) is 0 Å². The summed E-state index contributed by atoms with van der Waals surface area (Å²) in [6, 6.07) is 0. The van der Waals surface area contributed by atoms with Crippen LogP contribution in [-0.2, 0) is 0 Å². The Morgan fingerprint density at radius 3 is 1.94 bits per heavy atom. The fourth-order valence-electron chi connectivity index (χ4n) is 5.67. The zero-order chi connectivity index (χ0) is 11.6. The molecule has 0 radical (unpaired) electrons. The van der Waals surface area contributed by atoms with E-state index in [1.54, 1.807) is 0 Å². The Labute approximate surface area is 104 Å². The van der Waals surface area contributed by atoms with Crippen LogP contribution in [0.5, 0.6) is 0 Å². The summed E-state index contributed by atoms with van der Waals surface area (Å²) in [4.78, 5) is 0. The van der Waals surface area contributed by atoms with Gasteiger partial charge in [0, 0.05) is 12.0 Å². The van der Waals surface area contributed by atoms with Gasteiger partial charge in [-0.05, 0) is 74.5 Å². The molecule has 0 aromatic carbocycles. The van der Waals surface area contributed by atoms with Crippen molar-refractivity contribution in [2.75, 3.05) is 6.54 Å². The molecule has 5 saturated carbocycles. The largest absolute Gasteiger partial charge is 0.392 e. The van der Waals surface area contributed by atoms with Crippen LogP contribution in [0.15, 0.2) is 0 Å².